The van der Waals surface area contributed by atoms with Crippen LogP contribution in [0, 0.1) is 6.92 Å². The maximum absolute atomic E-state index is 11.2. The lowest BCUT2D eigenvalue weighted by molar-refractivity contribution is 0.236. The van der Waals surface area contributed by atoms with E-state index in [4.69, 9.17) is 16.3 Å². The average Bonchev–Trinajstić information content (AvgIpc) is 2.34. The van der Waals surface area contributed by atoms with Gasteiger partial charge in [-0.25, -0.2) is 4.79 Å². The van der Waals surface area contributed by atoms with E-state index in [-0.39, 0.29) is 6.03 Å². The fraction of sp³-hybridized carbons (Fsp3) is 0.462. The van der Waals surface area contributed by atoms with Crippen molar-refractivity contribution in [2.75, 3.05) is 19.7 Å². The number of nitrogens with one attached hydrogen (secondary N) is 2. The smallest absolute Gasteiger partial charge is 0.314 e. The van der Waals surface area contributed by atoms with Crippen LogP contribution in [0.2, 0.25) is 5.02 Å². The van der Waals surface area contributed by atoms with Crippen LogP contribution in [-0.2, 0) is 0 Å². The minimum atomic E-state index is -0.159. The summed E-state index contributed by atoms with van der Waals surface area (Å²) in [5, 5.41) is 6.14. The highest BCUT2D eigenvalue weighted by atomic mass is 35.5. The largest absolute Gasteiger partial charge is 0.491 e. The van der Waals surface area contributed by atoms with Gasteiger partial charge in [0.2, 0.25) is 0 Å². The fourth-order valence-corrected chi connectivity index (χ4v) is 1.63. The SMILES string of the molecule is CCCNC(=O)NCCOc1ccc(Cl)cc1C. The van der Waals surface area contributed by atoms with Gasteiger partial charge in [0.25, 0.3) is 0 Å². The van der Waals surface area contributed by atoms with Gasteiger partial charge in [0, 0.05) is 11.6 Å². The molecule has 0 fully saturated rings. The first-order valence-electron chi connectivity index (χ1n) is 6.04. The molecule has 0 unspecified atom stereocenters. The molecule has 5 heteroatoms. The van der Waals surface area contributed by atoms with E-state index in [0.29, 0.717) is 24.7 Å². The zero-order chi connectivity index (χ0) is 13.4. The molecule has 0 radical (unpaired) electrons. The van der Waals surface area contributed by atoms with Crippen LogP contribution in [0.15, 0.2) is 18.2 Å². The van der Waals surface area contributed by atoms with Crippen molar-refractivity contribution in [1.29, 1.82) is 0 Å². The van der Waals surface area contributed by atoms with Crippen LogP contribution in [0.1, 0.15) is 18.9 Å². The molecule has 0 aromatic heterocycles. The summed E-state index contributed by atoms with van der Waals surface area (Å²) < 4.78 is 5.55. The number of amides is 2. The normalized spacial score (nSPS) is 9.94. The van der Waals surface area contributed by atoms with Crippen LogP contribution < -0.4 is 15.4 Å². The zero-order valence-corrected chi connectivity index (χ0v) is 11.5. The van der Waals surface area contributed by atoms with Gasteiger partial charge in [0.05, 0.1) is 6.54 Å². The van der Waals surface area contributed by atoms with Crippen molar-refractivity contribution in [3.63, 3.8) is 0 Å². The molecule has 0 spiro atoms. The number of ether oxygens (including phenoxy) is 1. The summed E-state index contributed by atoms with van der Waals surface area (Å²) in [5.74, 6) is 0.787. The second-order valence-corrected chi connectivity index (χ2v) is 4.38. The Hall–Kier alpha value is -1.42. The van der Waals surface area contributed by atoms with E-state index in [1.165, 1.54) is 0 Å². The molecular formula is C13H19ClN2O2. The van der Waals surface area contributed by atoms with E-state index in [1.807, 2.05) is 26.0 Å². The first kappa shape index (κ1) is 14.6. The number of urea groups is 1. The highest BCUT2D eigenvalue weighted by Crippen LogP contribution is 2.21. The van der Waals surface area contributed by atoms with Gasteiger partial charge in [0.1, 0.15) is 12.4 Å². The zero-order valence-electron chi connectivity index (χ0n) is 10.8. The van der Waals surface area contributed by atoms with E-state index in [9.17, 15) is 4.79 Å². The first-order chi connectivity index (χ1) is 8.63. The number of carbonyl (C=O) groups excluding carboxylic acids is 1. The molecule has 0 aliphatic rings. The summed E-state index contributed by atoms with van der Waals surface area (Å²) in [6.07, 6.45) is 0.924. The topological polar surface area (TPSA) is 50.4 Å². The number of benzene rings is 1. The van der Waals surface area contributed by atoms with Crippen molar-refractivity contribution in [3.8, 4) is 5.75 Å². The molecule has 2 amide bonds. The Morgan fingerprint density at radius 1 is 1.33 bits per heavy atom. The molecule has 0 aliphatic carbocycles. The molecule has 0 aliphatic heterocycles. The van der Waals surface area contributed by atoms with E-state index in [0.717, 1.165) is 17.7 Å². The third-order valence-electron chi connectivity index (χ3n) is 2.32. The second-order valence-electron chi connectivity index (χ2n) is 3.94. The van der Waals surface area contributed by atoms with Crippen molar-refractivity contribution >= 4 is 17.6 Å². The van der Waals surface area contributed by atoms with E-state index in [1.54, 1.807) is 6.07 Å². The van der Waals surface area contributed by atoms with Gasteiger partial charge < -0.3 is 15.4 Å². The number of halogens is 1. The van der Waals surface area contributed by atoms with Gasteiger partial charge in [-0.15, -0.1) is 0 Å². The van der Waals surface area contributed by atoms with Gasteiger partial charge in [-0.05, 0) is 37.1 Å². The fourth-order valence-electron chi connectivity index (χ4n) is 1.40. The maximum Gasteiger partial charge on any atom is 0.314 e. The van der Waals surface area contributed by atoms with Crippen molar-refractivity contribution in [3.05, 3.63) is 28.8 Å². The van der Waals surface area contributed by atoms with Crippen LogP contribution in [0.4, 0.5) is 4.79 Å². The second kappa shape index (κ2) is 7.82. The van der Waals surface area contributed by atoms with Crippen LogP contribution in [0.25, 0.3) is 0 Å². The Balaban J connectivity index is 2.23. The minimum Gasteiger partial charge on any atom is -0.491 e. The number of hydrogen-bond acceptors (Lipinski definition) is 2. The molecule has 4 nitrogen and oxygen atoms in total. The molecule has 100 valence electrons. The van der Waals surface area contributed by atoms with Crippen molar-refractivity contribution in [1.82, 2.24) is 10.6 Å². The summed E-state index contributed by atoms with van der Waals surface area (Å²) in [6.45, 7) is 5.53. The first-order valence-corrected chi connectivity index (χ1v) is 6.42. The van der Waals surface area contributed by atoms with Crippen molar-refractivity contribution < 1.29 is 9.53 Å². The lowest BCUT2D eigenvalue weighted by atomic mass is 10.2. The Morgan fingerprint density at radius 2 is 2.06 bits per heavy atom. The van der Waals surface area contributed by atoms with Crippen LogP contribution in [-0.4, -0.2) is 25.7 Å². The quantitative estimate of drug-likeness (QED) is 0.781. The number of rotatable bonds is 6. The summed E-state index contributed by atoms with van der Waals surface area (Å²) >= 11 is 5.85. The van der Waals surface area contributed by atoms with E-state index in [2.05, 4.69) is 10.6 Å². The van der Waals surface area contributed by atoms with Crippen molar-refractivity contribution in [2.24, 2.45) is 0 Å². The van der Waals surface area contributed by atoms with Crippen LogP contribution in [0.3, 0.4) is 0 Å². The monoisotopic (exact) mass is 270 g/mol. The Labute approximate surface area is 113 Å². The molecule has 0 atom stereocenters. The van der Waals surface area contributed by atoms with E-state index >= 15 is 0 Å². The Bertz CT molecular complexity index is 397. The summed E-state index contributed by atoms with van der Waals surface area (Å²) in [7, 11) is 0. The van der Waals surface area contributed by atoms with Crippen molar-refractivity contribution in [2.45, 2.75) is 20.3 Å². The standard InChI is InChI=1S/C13H19ClN2O2/c1-3-6-15-13(17)16-7-8-18-12-5-4-11(14)9-10(12)2/h4-5,9H,3,6-8H2,1-2H3,(H2,15,16,17). The van der Waals surface area contributed by atoms with Gasteiger partial charge in [-0.1, -0.05) is 18.5 Å². The summed E-state index contributed by atoms with van der Waals surface area (Å²) in [4.78, 5) is 11.2. The van der Waals surface area contributed by atoms with Crippen LogP contribution >= 0.6 is 11.6 Å². The third-order valence-corrected chi connectivity index (χ3v) is 2.55. The van der Waals surface area contributed by atoms with Crippen LogP contribution in [0.5, 0.6) is 5.75 Å². The molecule has 1 rings (SSSR count). The van der Waals surface area contributed by atoms with Gasteiger partial charge in [-0.3, -0.25) is 0 Å². The molecule has 0 saturated heterocycles. The van der Waals surface area contributed by atoms with Gasteiger partial charge in [0.15, 0.2) is 0 Å². The molecule has 0 saturated carbocycles. The highest BCUT2D eigenvalue weighted by molar-refractivity contribution is 6.30. The predicted octanol–water partition coefficient (Wildman–Crippen LogP) is 2.74. The third kappa shape index (κ3) is 5.27. The molecule has 1 aromatic carbocycles. The number of carbonyl (C=O) groups is 1. The lowest BCUT2D eigenvalue weighted by Crippen LogP contribution is -2.37. The minimum absolute atomic E-state index is 0.159. The van der Waals surface area contributed by atoms with E-state index < -0.39 is 0 Å². The maximum atomic E-state index is 11.2. The Morgan fingerprint density at radius 3 is 2.72 bits per heavy atom. The highest BCUT2D eigenvalue weighted by Gasteiger charge is 2.01. The molecule has 1 aromatic rings. The summed E-state index contributed by atoms with van der Waals surface area (Å²) in [6, 6.07) is 5.30. The molecule has 0 bridgehead atoms. The molecule has 0 heterocycles. The average molecular weight is 271 g/mol. The van der Waals surface area contributed by atoms with Gasteiger partial charge >= 0.3 is 6.03 Å². The summed E-state index contributed by atoms with van der Waals surface area (Å²) in [5.41, 5.74) is 0.984. The predicted molar refractivity (Wildman–Crippen MR) is 73.4 cm³/mol. The molecule has 18 heavy (non-hydrogen) atoms. The molecular weight excluding hydrogens is 252 g/mol. The Kier molecular flexibility index (Phi) is 6.36. The lowest BCUT2D eigenvalue weighted by Gasteiger charge is -2.10. The number of aryl methyl sites for hydroxylation is 1. The molecule has 2 N–H and O–H groups in total. The number of hydrogen-bond donors (Lipinski definition) is 2. The van der Waals surface area contributed by atoms with Gasteiger partial charge in [-0.2, -0.15) is 0 Å².